The van der Waals surface area contributed by atoms with E-state index in [-0.39, 0.29) is 6.04 Å². The van der Waals surface area contributed by atoms with E-state index in [1.807, 2.05) is 30.1 Å². The molecule has 0 aliphatic carbocycles. The molecule has 5 heteroatoms. The molecule has 1 unspecified atom stereocenters. The minimum atomic E-state index is 0.0773. The van der Waals surface area contributed by atoms with Gasteiger partial charge in [-0.05, 0) is 43.3 Å². The van der Waals surface area contributed by atoms with E-state index in [4.69, 9.17) is 4.74 Å². The fraction of sp³-hybridized carbons (Fsp3) is 0.400. The van der Waals surface area contributed by atoms with E-state index in [0.717, 1.165) is 34.4 Å². The van der Waals surface area contributed by atoms with Crippen LogP contribution in [-0.2, 0) is 6.54 Å². The third-order valence-electron chi connectivity index (χ3n) is 3.28. The van der Waals surface area contributed by atoms with Crippen molar-refractivity contribution in [1.82, 2.24) is 15.1 Å². The highest BCUT2D eigenvalue weighted by molar-refractivity contribution is 9.10. The van der Waals surface area contributed by atoms with Gasteiger partial charge in [-0.1, -0.05) is 22.9 Å². The third-order valence-corrected chi connectivity index (χ3v) is 4.01. The van der Waals surface area contributed by atoms with Crippen LogP contribution >= 0.6 is 15.9 Å². The highest BCUT2D eigenvalue weighted by atomic mass is 79.9. The smallest absolute Gasteiger partial charge is 0.119 e. The Kier molecular flexibility index (Phi) is 5.20. The van der Waals surface area contributed by atoms with Crippen molar-refractivity contribution < 1.29 is 4.74 Å². The van der Waals surface area contributed by atoms with Crippen LogP contribution in [0.25, 0.3) is 0 Å². The molecule has 0 bridgehead atoms. The molecule has 0 aliphatic rings. The second kappa shape index (κ2) is 6.90. The summed E-state index contributed by atoms with van der Waals surface area (Å²) in [6.07, 6.45) is 2.91. The van der Waals surface area contributed by atoms with Gasteiger partial charge in [0.15, 0.2) is 0 Å². The first-order chi connectivity index (χ1) is 9.71. The molecule has 0 radical (unpaired) electrons. The van der Waals surface area contributed by atoms with Crippen LogP contribution in [0.5, 0.6) is 5.75 Å². The maximum atomic E-state index is 5.33. The van der Waals surface area contributed by atoms with Crippen molar-refractivity contribution in [2.45, 2.75) is 25.9 Å². The molecule has 1 heterocycles. The fourth-order valence-electron chi connectivity index (χ4n) is 2.32. The van der Waals surface area contributed by atoms with Crippen LogP contribution in [0.3, 0.4) is 0 Å². The summed E-state index contributed by atoms with van der Waals surface area (Å²) in [5.74, 6) is 0.852. The Balaban J connectivity index is 2.43. The summed E-state index contributed by atoms with van der Waals surface area (Å²) < 4.78 is 8.43. The lowest BCUT2D eigenvalue weighted by Crippen LogP contribution is -2.22. The van der Waals surface area contributed by atoms with Gasteiger partial charge in [0.1, 0.15) is 5.75 Å². The lowest BCUT2D eigenvalue weighted by Gasteiger charge is -2.20. The molecule has 1 aromatic heterocycles. The number of nitrogens with one attached hydrogen (secondary N) is 1. The Morgan fingerprint density at radius 3 is 2.85 bits per heavy atom. The molecule has 1 aromatic carbocycles. The van der Waals surface area contributed by atoms with Gasteiger partial charge in [-0.2, -0.15) is 5.10 Å². The maximum absolute atomic E-state index is 5.33. The summed E-state index contributed by atoms with van der Waals surface area (Å²) in [5, 5.41) is 7.77. The quantitative estimate of drug-likeness (QED) is 0.878. The van der Waals surface area contributed by atoms with Crippen molar-refractivity contribution in [3.8, 4) is 5.75 Å². The second-order valence-corrected chi connectivity index (χ2v) is 5.44. The lowest BCUT2D eigenvalue weighted by atomic mass is 10.0. The first-order valence-electron chi connectivity index (χ1n) is 6.73. The average molecular weight is 338 g/mol. The number of rotatable bonds is 6. The van der Waals surface area contributed by atoms with Gasteiger partial charge < -0.3 is 10.1 Å². The molecule has 1 atom stereocenters. The zero-order valence-corrected chi connectivity index (χ0v) is 13.6. The molecular weight excluding hydrogens is 318 g/mol. The molecule has 0 fully saturated rings. The number of halogens is 1. The third kappa shape index (κ3) is 3.04. The number of hydrogen-bond donors (Lipinski definition) is 1. The van der Waals surface area contributed by atoms with Crippen LogP contribution in [0.4, 0.5) is 0 Å². The average Bonchev–Trinajstić information content (AvgIpc) is 2.90. The number of hydrogen-bond acceptors (Lipinski definition) is 3. The Labute approximate surface area is 128 Å². The predicted octanol–water partition coefficient (Wildman–Crippen LogP) is 3.37. The van der Waals surface area contributed by atoms with Gasteiger partial charge in [0, 0.05) is 17.2 Å². The van der Waals surface area contributed by atoms with Crippen LogP contribution in [0, 0.1) is 0 Å². The highest BCUT2D eigenvalue weighted by Crippen LogP contribution is 2.31. The maximum Gasteiger partial charge on any atom is 0.119 e. The van der Waals surface area contributed by atoms with Gasteiger partial charge in [0.2, 0.25) is 0 Å². The summed E-state index contributed by atoms with van der Waals surface area (Å²) in [6.45, 7) is 3.07. The molecular formula is C15H20BrN3O. The Hall–Kier alpha value is -1.33. The second-order valence-electron chi connectivity index (χ2n) is 4.59. The van der Waals surface area contributed by atoms with Gasteiger partial charge in [0.05, 0.1) is 18.8 Å². The Bertz CT molecular complexity index is 568. The SMILES string of the molecule is CCCn1nccc1C(NC)c1cc(OC)ccc1Br. The number of nitrogens with zero attached hydrogens (tertiary/aromatic N) is 2. The van der Waals surface area contributed by atoms with Crippen LogP contribution in [0.2, 0.25) is 0 Å². The molecule has 0 saturated heterocycles. The number of benzene rings is 1. The summed E-state index contributed by atoms with van der Waals surface area (Å²) >= 11 is 3.62. The van der Waals surface area contributed by atoms with Gasteiger partial charge in [-0.25, -0.2) is 0 Å². The van der Waals surface area contributed by atoms with Crippen molar-refractivity contribution in [2.75, 3.05) is 14.2 Å². The van der Waals surface area contributed by atoms with E-state index in [9.17, 15) is 0 Å². The standard InChI is InChI=1S/C15H20BrN3O/c1-4-9-19-14(7-8-18-19)15(17-2)12-10-11(20-3)5-6-13(12)16/h5-8,10,15,17H,4,9H2,1-3H3. The van der Waals surface area contributed by atoms with Gasteiger partial charge in [-0.3, -0.25) is 4.68 Å². The van der Waals surface area contributed by atoms with Gasteiger partial charge in [-0.15, -0.1) is 0 Å². The van der Waals surface area contributed by atoms with Gasteiger partial charge >= 0.3 is 0 Å². The Morgan fingerprint density at radius 1 is 1.40 bits per heavy atom. The van der Waals surface area contributed by atoms with E-state index >= 15 is 0 Å². The lowest BCUT2D eigenvalue weighted by molar-refractivity contribution is 0.413. The Morgan fingerprint density at radius 2 is 2.20 bits per heavy atom. The van der Waals surface area contributed by atoms with E-state index in [1.165, 1.54) is 0 Å². The van der Waals surface area contributed by atoms with Crippen molar-refractivity contribution in [3.63, 3.8) is 0 Å². The van der Waals surface area contributed by atoms with Crippen molar-refractivity contribution in [2.24, 2.45) is 0 Å². The topological polar surface area (TPSA) is 39.1 Å². The molecule has 108 valence electrons. The zero-order valence-electron chi connectivity index (χ0n) is 12.1. The van der Waals surface area contributed by atoms with Crippen molar-refractivity contribution in [1.29, 1.82) is 0 Å². The molecule has 1 N–H and O–H groups in total. The number of aromatic nitrogens is 2. The van der Waals surface area contributed by atoms with Crippen LogP contribution in [0.15, 0.2) is 34.9 Å². The van der Waals surface area contributed by atoms with E-state index < -0.39 is 0 Å². The molecule has 2 rings (SSSR count). The first kappa shape index (κ1) is 15.1. The number of aryl methyl sites for hydroxylation is 1. The molecule has 0 spiro atoms. The number of methoxy groups -OCH3 is 1. The molecule has 0 amide bonds. The number of ether oxygens (including phenoxy) is 1. The van der Waals surface area contributed by atoms with E-state index in [1.54, 1.807) is 7.11 Å². The summed E-state index contributed by atoms with van der Waals surface area (Å²) in [4.78, 5) is 0. The molecule has 2 aromatic rings. The zero-order chi connectivity index (χ0) is 14.5. The molecule has 0 saturated carbocycles. The normalized spacial score (nSPS) is 12.4. The van der Waals surface area contributed by atoms with Crippen LogP contribution in [0.1, 0.15) is 30.6 Å². The highest BCUT2D eigenvalue weighted by Gasteiger charge is 2.19. The molecule has 0 aliphatic heterocycles. The van der Waals surface area contributed by atoms with Crippen LogP contribution < -0.4 is 10.1 Å². The summed E-state index contributed by atoms with van der Waals surface area (Å²) in [7, 11) is 3.64. The van der Waals surface area contributed by atoms with E-state index in [2.05, 4.69) is 45.4 Å². The molecule has 4 nitrogen and oxygen atoms in total. The van der Waals surface area contributed by atoms with Gasteiger partial charge in [0.25, 0.3) is 0 Å². The van der Waals surface area contributed by atoms with Crippen molar-refractivity contribution in [3.05, 3.63) is 46.2 Å². The minimum Gasteiger partial charge on any atom is -0.497 e. The monoisotopic (exact) mass is 337 g/mol. The minimum absolute atomic E-state index is 0.0773. The van der Waals surface area contributed by atoms with Crippen molar-refractivity contribution >= 4 is 15.9 Å². The fourth-order valence-corrected chi connectivity index (χ4v) is 2.80. The van der Waals surface area contributed by atoms with Crippen LogP contribution in [-0.4, -0.2) is 23.9 Å². The first-order valence-corrected chi connectivity index (χ1v) is 7.53. The predicted molar refractivity (Wildman–Crippen MR) is 84.1 cm³/mol. The van der Waals surface area contributed by atoms with E-state index in [0.29, 0.717) is 0 Å². The largest absolute Gasteiger partial charge is 0.497 e. The molecule has 20 heavy (non-hydrogen) atoms. The summed E-state index contributed by atoms with van der Waals surface area (Å²) in [5.41, 5.74) is 2.30. The summed E-state index contributed by atoms with van der Waals surface area (Å²) in [6, 6.07) is 8.15.